The Labute approximate surface area is 114 Å². The Balaban J connectivity index is 1.97. The van der Waals surface area contributed by atoms with Crippen LogP contribution in [0.15, 0.2) is 18.2 Å². The van der Waals surface area contributed by atoms with Gasteiger partial charge in [0.15, 0.2) is 0 Å². The molecule has 0 amide bonds. The Bertz CT molecular complexity index is 597. The molecule has 5 heteroatoms. The molecular formula is C14H19NO3S. The van der Waals surface area contributed by atoms with E-state index in [9.17, 15) is 8.42 Å². The van der Waals surface area contributed by atoms with E-state index in [1.165, 1.54) is 17.4 Å². The van der Waals surface area contributed by atoms with Crippen LogP contribution in [0.1, 0.15) is 17.5 Å². The van der Waals surface area contributed by atoms with E-state index in [2.05, 4.69) is 6.07 Å². The van der Waals surface area contributed by atoms with Crippen molar-refractivity contribution in [3.05, 3.63) is 29.3 Å². The highest BCUT2D eigenvalue weighted by Crippen LogP contribution is 2.39. The van der Waals surface area contributed by atoms with E-state index in [-0.39, 0.29) is 6.04 Å². The fourth-order valence-electron chi connectivity index (χ4n) is 3.52. The molecule has 2 aliphatic rings. The number of rotatable bonds is 2. The van der Waals surface area contributed by atoms with Crippen LogP contribution in [0.2, 0.25) is 0 Å². The van der Waals surface area contributed by atoms with Crippen LogP contribution < -0.4 is 4.74 Å². The number of hydrogen-bond acceptors (Lipinski definition) is 3. The van der Waals surface area contributed by atoms with Gasteiger partial charge in [-0.25, -0.2) is 8.42 Å². The molecule has 0 spiro atoms. The predicted octanol–water partition coefficient (Wildman–Crippen LogP) is 1.44. The average molecular weight is 281 g/mol. The molecule has 19 heavy (non-hydrogen) atoms. The van der Waals surface area contributed by atoms with Gasteiger partial charge in [-0.1, -0.05) is 12.1 Å². The zero-order valence-corrected chi connectivity index (χ0v) is 12.1. The summed E-state index contributed by atoms with van der Waals surface area (Å²) in [5, 5.41) is 0. The van der Waals surface area contributed by atoms with Crippen molar-refractivity contribution in [3.8, 4) is 5.75 Å². The van der Waals surface area contributed by atoms with Crippen molar-refractivity contribution < 1.29 is 13.2 Å². The molecular weight excluding hydrogens is 262 g/mol. The second kappa shape index (κ2) is 4.49. The smallest absolute Gasteiger partial charge is 0.211 e. The van der Waals surface area contributed by atoms with Crippen LogP contribution in [0.5, 0.6) is 5.75 Å². The fourth-order valence-corrected chi connectivity index (χ4v) is 4.69. The molecule has 1 aliphatic heterocycles. The number of fused-ring (bicyclic) bond motifs is 2. The molecule has 3 rings (SSSR count). The van der Waals surface area contributed by atoms with Gasteiger partial charge in [-0.2, -0.15) is 4.31 Å². The highest BCUT2D eigenvalue weighted by molar-refractivity contribution is 7.88. The second-order valence-electron chi connectivity index (χ2n) is 5.50. The van der Waals surface area contributed by atoms with Gasteiger partial charge in [0, 0.05) is 12.6 Å². The molecule has 1 heterocycles. The van der Waals surface area contributed by atoms with Gasteiger partial charge in [-0.05, 0) is 42.4 Å². The van der Waals surface area contributed by atoms with Gasteiger partial charge in [0.05, 0.1) is 13.4 Å². The minimum absolute atomic E-state index is 0.134. The van der Waals surface area contributed by atoms with Gasteiger partial charge in [0.2, 0.25) is 10.0 Å². The van der Waals surface area contributed by atoms with E-state index in [0.717, 1.165) is 25.0 Å². The van der Waals surface area contributed by atoms with Crippen molar-refractivity contribution in [1.82, 2.24) is 4.31 Å². The van der Waals surface area contributed by atoms with Gasteiger partial charge in [0.1, 0.15) is 5.75 Å². The minimum atomic E-state index is -3.09. The molecule has 0 unspecified atom stereocenters. The standard InChI is InChI=1S/C14H19NO3S/c1-18-14-5-3-4-10-9-13-11(8-12(10)14)6-7-15(13)19(2,16)17/h3-5,11,13H,6-9H2,1-2H3/t11-,13-/m1/s1. The van der Waals surface area contributed by atoms with Crippen molar-refractivity contribution in [2.24, 2.45) is 5.92 Å². The van der Waals surface area contributed by atoms with Crippen molar-refractivity contribution >= 4 is 10.0 Å². The Kier molecular flexibility index (Phi) is 3.06. The van der Waals surface area contributed by atoms with Gasteiger partial charge in [-0.3, -0.25) is 0 Å². The number of hydrogen-bond donors (Lipinski definition) is 0. The number of nitrogens with zero attached hydrogens (tertiary/aromatic N) is 1. The van der Waals surface area contributed by atoms with Crippen LogP contribution in [0, 0.1) is 5.92 Å². The third-order valence-electron chi connectivity index (χ3n) is 4.41. The van der Waals surface area contributed by atoms with Crippen LogP contribution in [0.4, 0.5) is 0 Å². The molecule has 1 aromatic rings. The second-order valence-corrected chi connectivity index (χ2v) is 7.43. The first-order valence-corrected chi connectivity index (χ1v) is 8.47. The van der Waals surface area contributed by atoms with Crippen LogP contribution in [-0.4, -0.2) is 38.7 Å². The first-order valence-electron chi connectivity index (χ1n) is 6.62. The van der Waals surface area contributed by atoms with E-state index in [0.29, 0.717) is 12.5 Å². The van der Waals surface area contributed by atoms with Crippen LogP contribution >= 0.6 is 0 Å². The molecule has 0 aromatic heterocycles. The first kappa shape index (κ1) is 12.9. The van der Waals surface area contributed by atoms with Crippen LogP contribution in [-0.2, 0) is 22.9 Å². The third-order valence-corrected chi connectivity index (χ3v) is 5.71. The highest BCUT2D eigenvalue weighted by Gasteiger charge is 2.42. The zero-order chi connectivity index (χ0) is 13.6. The molecule has 4 nitrogen and oxygen atoms in total. The minimum Gasteiger partial charge on any atom is -0.496 e. The summed E-state index contributed by atoms with van der Waals surface area (Å²) in [6.07, 6.45) is 4.01. The fraction of sp³-hybridized carbons (Fsp3) is 0.571. The van der Waals surface area contributed by atoms with E-state index in [1.54, 1.807) is 11.4 Å². The summed E-state index contributed by atoms with van der Waals surface area (Å²) < 4.78 is 30.8. The normalized spacial score (nSPS) is 26.8. The third kappa shape index (κ3) is 2.15. The first-order chi connectivity index (χ1) is 9.00. The Morgan fingerprint density at radius 1 is 1.32 bits per heavy atom. The highest BCUT2D eigenvalue weighted by atomic mass is 32.2. The van der Waals surface area contributed by atoms with Crippen molar-refractivity contribution in [3.63, 3.8) is 0 Å². The maximum Gasteiger partial charge on any atom is 0.211 e. The van der Waals surface area contributed by atoms with Gasteiger partial charge in [-0.15, -0.1) is 0 Å². The SMILES string of the molecule is COc1cccc2c1C[C@H]1CCN(S(C)(=O)=O)[C@@H]1C2. The van der Waals surface area contributed by atoms with E-state index < -0.39 is 10.0 Å². The lowest BCUT2D eigenvalue weighted by molar-refractivity contribution is 0.314. The van der Waals surface area contributed by atoms with E-state index >= 15 is 0 Å². The average Bonchev–Trinajstić information content (AvgIpc) is 2.77. The topological polar surface area (TPSA) is 46.6 Å². The lowest BCUT2D eigenvalue weighted by Gasteiger charge is -2.32. The predicted molar refractivity (Wildman–Crippen MR) is 73.8 cm³/mol. The molecule has 2 atom stereocenters. The summed E-state index contributed by atoms with van der Waals surface area (Å²) in [6.45, 7) is 0.657. The van der Waals surface area contributed by atoms with Crippen LogP contribution in [0.25, 0.3) is 0 Å². The van der Waals surface area contributed by atoms with E-state index in [4.69, 9.17) is 4.74 Å². The summed E-state index contributed by atoms with van der Waals surface area (Å²) in [4.78, 5) is 0. The number of ether oxygens (including phenoxy) is 1. The largest absolute Gasteiger partial charge is 0.496 e. The molecule has 1 aromatic carbocycles. The Hall–Kier alpha value is -1.07. The molecule has 1 saturated heterocycles. The molecule has 0 N–H and O–H groups in total. The maximum atomic E-state index is 11.8. The molecule has 1 aliphatic carbocycles. The van der Waals surface area contributed by atoms with Crippen LogP contribution in [0.3, 0.4) is 0 Å². The monoisotopic (exact) mass is 281 g/mol. The number of methoxy groups -OCH3 is 1. The van der Waals surface area contributed by atoms with E-state index in [1.807, 2.05) is 12.1 Å². The number of sulfonamides is 1. The Morgan fingerprint density at radius 3 is 2.79 bits per heavy atom. The summed E-state index contributed by atoms with van der Waals surface area (Å²) in [5.74, 6) is 1.37. The summed E-state index contributed by atoms with van der Waals surface area (Å²) >= 11 is 0. The summed E-state index contributed by atoms with van der Waals surface area (Å²) in [7, 11) is -1.40. The maximum absolute atomic E-state index is 11.8. The Morgan fingerprint density at radius 2 is 2.11 bits per heavy atom. The molecule has 0 radical (unpaired) electrons. The molecule has 1 fully saturated rings. The lowest BCUT2D eigenvalue weighted by Crippen LogP contribution is -2.41. The van der Waals surface area contributed by atoms with Gasteiger partial charge < -0.3 is 4.74 Å². The molecule has 0 bridgehead atoms. The lowest BCUT2D eigenvalue weighted by atomic mass is 9.80. The van der Waals surface area contributed by atoms with Crippen molar-refractivity contribution in [2.75, 3.05) is 19.9 Å². The molecule has 104 valence electrons. The van der Waals surface area contributed by atoms with Crippen molar-refractivity contribution in [2.45, 2.75) is 25.3 Å². The summed E-state index contributed by atoms with van der Waals surface area (Å²) in [6, 6.07) is 6.20. The zero-order valence-electron chi connectivity index (χ0n) is 11.3. The van der Waals surface area contributed by atoms with Gasteiger partial charge >= 0.3 is 0 Å². The summed E-state index contributed by atoms with van der Waals surface area (Å²) in [5.41, 5.74) is 2.50. The number of benzene rings is 1. The van der Waals surface area contributed by atoms with Crippen molar-refractivity contribution in [1.29, 1.82) is 0 Å². The van der Waals surface area contributed by atoms with Gasteiger partial charge in [0.25, 0.3) is 0 Å². The molecule has 0 saturated carbocycles. The quantitative estimate of drug-likeness (QED) is 0.824.